The smallest absolute Gasteiger partial charge is 0.205 e. The first-order valence-electron chi connectivity index (χ1n) is 7.20. The van der Waals surface area contributed by atoms with Crippen LogP contribution in [0.15, 0.2) is 6.33 Å². The van der Waals surface area contributed by atoms with Gasteiger partial charge in [-0.2, -0.15) is 0 Å². The van der Waals surface area contributed by atoms with Crippen molar-refractivity contribution in [2.75, 3.05) is 0 Å². The average molecular weight is 281 g/mol. The zero-order valence-electron chi connectivity index (χ0n) is 13.5. The summed E-state index contributed by atoms with van der Waals surface area (Å²) in [5.74, 6) is 0.436. The van der Waals surface area contributed by atoms with Crippen LogP contribution in [0.25, 0.3) is 0 Å². The minimum Gasteiger partial charge on any atom is -0.409 e. The van der Waals surface area contributed by atoms with Gasteiger partial charge in [-0.15, -0.1) is 0 Å². The largest absolute Gasteiger partial charge is 0.409 e. The number of aromatic nitrogens is 2. The quantitative estimate of drug-likeness (QED) is 0.770. The first kappa shape index (κ1) is 16.4. The second-order valence-electron chi connectivity index (χ2n) is 6.97. The molecule has 1 heterocycles. The normalized spacial score (nSPS) is 14.4. The maximum absolute atomic E-state index is 6.21. The lowest BCUT2D eigenvalue weighted by Crippen LogP contribution is -2.18. The topological polar surface area (TPSA) is 37.9 Å². The Bertz CT molecular complexity index is 380. The van der Waals surface area contributed by atoms with Gasteiger partial charge in [0.05, 0.1) is 23.8 Å². The molecular weight excluding hydrogens is 252 g/mol. The van der Waals surface area contributed by atoms with Crippen LogP contribution in [0.4, 0.5) is 0 Å². The lowest BCUT2D eigenvalue weighted by atomic mass is 9.88. The number of aromatic amines is 1. The minimum atomic E-state index is -0.715. The fourth-order valence-corrected chi connectivity index (χ4v) is 2.95. The van der Waals surface area contributed by atoms with E-state index in [1.165, 1.54) is 5.69 Å². The monoisotopic (exact) mass is 281 g/mol. The Kier molecular flexibility index (Phi) is 5.80. The van der Waals surface area contributed by atoms with E-state index in [2.05, 4.69) is 57.7 Å². The number of nitrogens with one attached hydrogen (secondary N) is 1. The molecule has 0 bridgehead atoms. The summed E-state index contributed by atoms with van der Waals surface area (Å²) in [7, 11) is -0.715. The third-order valence-corrected chi connectivity index (χ3v) is 3.86. The molecule has 1 atom stereocenters. The zero-order valence-corrected chi connectivity index (χ0v) is 14.5. The van der Waals surface area contributed by atoms with Crippen LogP contribution in [0.1, 0.15) is 70.9 Å². The number of rotatable bonds is 6. The van der Waals surface area contributed by atoms with Crippen molar-refractivity contribution in [1.82, 2.24) is 9.97 Å². The van der Waals surface area contributed by atoms with Gasteiger partial charge in [-0.05, 0) is 37.3 Å². The molecule has 0 amide bonds. The molecule has 0 aliphatic heterocycles. The van der Waals surface area contributed by atoms with Crippen LogP contribution in [0, 0.1) is 5.41 Å². The van der Waals surface area contributed by atoms with Crippen LogP contribution in [0.5, 0.6) is 0 Å². The lowest BCUT2D eigenvalue weighted by Gasteiger charge is -2.25. The van der Waals surface area contributed by atoms with E-state index in [0.29, 0.717) is 11.3 Å². The van der Waals surface area contributed by atoms with Crippen molar-refractivity contribution in [2.45, 2.75) is 72.6 Å². The molecule has 1 aromatic heterocycles. The molecule has 1 unspecified atom stereocenters. The second kappa shape index (κ2) is 6.71. The van der Waals surface area contributed by atoms with Gasteiger partial charge in [0.15, 0.2) is 0 Å². The number of H-pyrrole nitrogens is 1. The number of nitrogens with zero attached hydrogens (tertiary/aromatic N) is 1. The third kappa shape index (κ3) is 5.49. The minimum absolute atomic E-state index is 0.169. The van der Waals surface area contributed by atoms with Crippen molar-refractivity contribution < 1.29 is 4.43 Å². The highest BCUT2D eigenvalue weighted by molar-refractivity contribution is 6.48. The molecule has 109 valence electrons. The van der Waals surface area contributed by atoms with Crippen LogP contribution in [-0.4, -0.2) is 19.0 Å². The van der Waals surface area contributed by atoms with Crippen LogP contribution in [0.3, 0.4) is 0 Å². The molecule has 1 radical (unpaired) electrons. The fraction of sp³-hybridized carbons (Fsp3) is 0.800. The van der Waals surface area contributed by atoms with Gasteiger partial charge in [0.2, 0.25) is 9.04 Å². The standard InChI is InChI=1S/C15H29N2OSi/c1-11(2)13-14(17-10-16-13)12(18-19(6)7)8-9-15(3,4)5/h10-12H,8-9H2,1-7H3,(H,16,17). The molecule has 0 spiro atoms. The van der Waals surface area contributed by atoms with E-state index >= 15 is 0 Å². The SMILES string of the molecule is CC(C)c1nc[nH]c1C(CCC(C)(C)C)O[Si](C)C. The maximum atomic E-state index is 6.21. The summed E-state index contributed by atoms with van der Waals surface area (Å²) in [6.45, 7) is 15.6. The number of hydrogen-bond acceptors (Lipinski definition) is 2. The first-order valence-corrected chi connectivity index (χ1v) is 9.61. The van der Waals surface area contributed by atoms with E-state index in [4.69, 9.17) is 4.43 Å². The molecule has 3 nitrogen and oxygen atoms in total. The van der Waals surface area contributed by atoms with E-state index in [-0.39, 0.29) is 6.10 Å². The highest BCUT2D eigenvalue weighted by Crippen LogP contribution is 2.32. The van der Waals surface area contributed by atoms with E-state index in [9.17, 15) is 0 Å². The van der Waals surface area contributed by atoms with Gasteiger partial charge in [0, 0.05) is 0 Å². The lowest BCUT2D eigenvalue weighted by molar-refractivity contribution is 0.169. The molecule has 0 saturated carbocycles. The van der Waals surface area contributed by atoms with E-state index in [1.54, 1.807) is 6.33 Å². The Balaban J connectivity index is 2.86. The molecule has 0 saturated heterocycles. The van der Waals surface area contributed by atoms with Gasteiger partial charge in [0.25, 0.3) is 0 Å². The van der Waals surface area contributed by atoms with Crippen molar-refractivity contribution in [3.05, 3.63) is 17.7 Å². The van der Waals surface area contributed by atoms with Gasteiger partial charge in [0.1, 0.15) is 0 Å². The Morgan fingerprint density at radius 3 is 2.42 bits per heavy atom. The molecule has 1 aromatic rings. The molecule has 0 aliphatic carbocycles. The predicted octanol–water partition coefficient (Wildman–Crippen LogP) is 4.67. The number of imidazole rings is 1. The van der Waals surface area contributed by atoms with Gasteiger partial charge in [-0.3, -0.25) is 0 Å². The fourth-order valence-electron chi connectivity index (χ4n) is 2.14. The Labute approximate surface area is 119 Å². The van der Waals surface area contributed by atoms with Crippen molar-refractivity contribution in [3.63, 3.8) is 0 Å². The Morgan fingerprint density at radius 2 is 1.95 bits per heavy atom. The molecule has 1 N–H and O–H groups in total. The summed E-state index contributed by atoms with van der Waals surface area (Å²) in [4.78, 5) is 7.77. The summed E-state index contributed by atoms with van der Waals surface area (Å²) in [5.41, 5.74) is 2.68. The zero-order chi connectivity index (χ0) is 14.6. The summed E-state index contributed by atoms with van der Waals surface area (Å²) in [6, 6.07) is 0. The second-order valence-corrected chi connectivity index (χ2v) is 9.02. The Hall–Kier alpha value is -0.613. The highest BCUT2D eigenvalue weighted by Gasteiger charge is 2.23. The molecule has 1 rings (SSSR count). The van der Waals surface area contributed by atoms with Crippen molar-refractivity contribution in [2.24, 2.45) is 5.41 Å². The number of hydrogen-bond donors (Lipinski definition) is 1. The van der Waals surface area contributed by atoms with E-state index in [0.717, 1.165) is 18.5 Å². The summed E-state index contributed by atoms with van der Waals surface area (Å²) in [5, 5.41) is 0. The summed E-state index contributed by atoms with van der Waals surface area (Å²) < 4.78 is 6.21. The van der Waals surface area contributed by atoms with Crippen molar-refractivity contribution >= 4 is 9.04 Å². The third-order valence-electron chi connectivity index (χ3n) is 3.10. The van der Waals surface area contributed by atoms with Crippen LogP contribution >= 0.6 is 0 Å². The van der Waals surface area contributed by atoms with Crippen LogP contribution < -0.4 is 0 Å². The van der Waals surface area contributed by atoms with Gasteiger partial charge in [-0.25, -0.2) is 4.98 Å². The van der Waals surface area contributed by atoms with Crippen LogP contribution in [-0.2, 0) is 4.43 Å². The van der Waals surface area contributed by atoms with Crippen molar-refractivity contribution in [1.29, 1.82) is 0 Å². The van der Waals surface area contributed by atoms with E-state index in [1.807, 2.05) is 0 Å². The summed E-state index contributed by atoms with van der Waals surface area (Å²) in [6.07, 6.45) is 4.18. The van der Waals surface area contributed by atoms with E-state index < -0.39 is 9.04 Å². The van der Waals surface area contributed by atoms with Gasteiger partial charge < -0.3 is 9.41 Å². The summed E-state index contributed by atoms with van der Waals surface area (Å²) >= 11 is 0. The molecule has 0 aromatic carbocycles. The maximum Gasteiger partial charge on any atom is 0.205 e. The van der Waals surface area contributed by atoms with Gasteiger partial charge in [-0.1, -0.05) is 34.6 Å². The first-order chi connectivity index (χ1) is 8.70. The Morgan fingerprint density at radius 1 is 1.32 bits per heavy atom. The molecule has 4 heteroatoms. The molecule has 0 fully saturated rings. The highest BCUT2D eigenvalue weighted by atomic mass is 28.3. The van der Waals surface area contributed by atoms with Crippen LogP contribution in [0.2, 0.25) is 13.1 Å². The predicted molar refractivity (Wildman–Crippen MR) is 82.7 cm³/mol. The molecule has 0 aliphatic rings. The van der Waals surface area contributed by atoms with Gasteiger partial charge >= 0.3 is 0 Å². The molecular formula is C15H29N2OSi. The van der Waals surface area contributed by atoms with Crippen molar-refractivity contribution in [3.8, 4) is 0 Å². The molecule has 19 heavy (non-hydrogen) atoms. The average Bonchev–Trinajstić information content (AvgIpc) is 2.71.